The van der Waals surface area contributed by atoms with Crippen molar-refractivity contribution >= 4 is 17.7 Å². The monoisotopic (exact) mass is 358 g/mol. The summed E-state index contributed by atoms with van der Waals surface area (Å²) in [5.74, 6) is 2.10. The molecule has 0 N–H and O–H groups in total. The molecule has 3 aliphatic rings. The Bertz CT molecular complexity index is 761. The van der Waals surface area contributed by atoms with Gasteiger partial charge in [-0.25, -0.2) is 0 Å². The number of amides is 1. The number of nitro benzene ring substituents is 1. The molecule has 1 saturated carbocycles. The molecule has 0 spiro atoms. The standard InChI is InChI=1S/C19H22N2O5/c22-19(20-8-7-13-3-1-2-4-15(13)11-20)6-5-14-9-17-18(26-12-25-17)10-16(14)21(23)24/h5-6,9-10,13,15H,1-4,7-8,11-12H2/b6-5+/t13-,15-/m1/s1. The Labute approximate surface area is 151 Å². The molecule has 0 bridgehead atoms. The lowest BCUT2D eigenvalue weighted by molar-refractivity contribution is -0.385. The van der Waals surface area contributed by atoms with Crippen molar-refractivity contribution in [3.63, 3.8) is 0 Å². The average molecular weight is 358 g/mol. The molecule has 2 heterocycles. The highest BCUT2D eigenvalue weighted by Gasteiger charge is 2.32. The molecule has 1 aliphatic carbocycles. The van der Waals surface area contributed by atoms with Crippen LogP contribution in [0.1, 0.15) is 37.7 Å². The Balaban J connectivity index is 1.49. The minimum Gasteiger partial charge on any atom is -0.454 e. The van der Waals surface area contributed by atoms with Crippen molar-refractivity contribution in [2.24, 2.45) is 11.8 Å². The fraction of sp³-hybridized carbons (Fsp3) is 0.526. The van der Waals surface area contributed by atoms with Crippen LogP contribution in [0.2, 0.25) is 0 Å². The first-order valence-corrected chi connectivity index (χ1v) is 9.17. The number of fused-ring (bicyclic) bond motifs is 2. The first-order chi connectivity index (χ1) is 12.6. The largest absolute Gasteiger partial charge is 0.454 e. The number of carbonyl (C=O) groups is 1. The molecule has 1 amide bonds. The van der Waals surface area contributed by atoms with Crippen LogP contribution < -0.4 is 9.47 Å². The third-order valence-electron chi connectivity index (χ3n) is 5.73. The number of likely N-dealkylation sites (tertiary alicyclic amines) is 1. The van der Waals surface area contributed by atoms with Gasteiger partial charge in [0.1, 0.15) is 0 Å². The van der Waals surface area contributed by atoms with Crippen LogP contribution in [0.15, 0.2) is 18.2 Å². The number of rotatable bonds is 3. The minimum atomic E-state index is -0.473. The van der Waals surface area contributed by atoms with Gasteiger partial charge in [0, 0.05) is 19.2 Å². The minimum absolute atomic E-state index is 0.0505. The molecule has 7 nitrogen and oxygen atoms in total. The van der Waals surface area contributed by atoms with Gasteiger partial charge in [0.05, 0.1) is 16.6 Å². The Kier molecular flexibility index (Phi) is 4.53. The van der Waals surface area contributed by atoms with Gasteiger partial charge in [0.25, 0.3) is 5.69 Å². The Morgan fingerprint density at radius 2 is 1.88 bits per heavy atom. The van der Waals surface area contributed by atoms with Crippen LogP contribution in [-0.4, -0.2) is 35.6 Å². The van der Waals surface area contributed by atoms with Crippen LogP contribution in [0.4, 0.5) is 5.69 Å². The molecule has 138 valence electrons. The molecule has 2 fully saturated rings. The van der Waals surface area contributed by atoms with Gasteiger partial charge in [-0.05, 0) is 36.8 Å². The zero-order valence-electron chi connectivity index (χ0n) is 14.6. The molecular weight excluding hydrogens is 336 g/mol. The number of benzene rings is 1. The lowest BCUT2D eigenvalue weighted by atomic mass is 9.75. The molecule has 1 aromatic carbocycles. The van der Waals surface area contributed by atoms with Gasteiger partial charge in [-0.3, -0.25) is 14.9 Å². The summed E-state index contributed by atoms with van der Waals surface area (Å²) in [6, 6.07) is 2.90. The van der Waals surface area contributed by atoms with Gasteiger partial charge in [0.15, 0.2) is 11.5 Å². The van der Waals surface area contributed by atoms with E-state index in [0.29, 0.717) is 23.0 Å². The number of nitro groups is 1. The molecule has 4 rings (SSSR count). The summed E-state index contributed by atoms with van der Waals surface area (Å²) in [6.07, 6.45) is 9.06. The number of hydrogen-bond donors (Lipinski definition) is 0. The van der Waals surface area contributed by atoms with E-state index in [4.69, 9.17) is 9.47 Å². The molecule has 26 heavy (non-hydrogen) atoms. The first kappa shape index (κ1) is 16.9. The SMILES string of the molecule is O=C(/C=C/c1cc2c(cc1[N+](=O)[O-])OCO2)N1CC[C@H]2CCCC[C@@H]2C1. The van der Waals surface area contributed by atoms with Gasteiger partial charge in [-0.2, -0.15) is 0 Å². The normalized spacial score (nSPS) is 24.5. The van der Waals surface area contributed by atoms with Crippen LogP contribution in [0.5, 0.6) is 11.5 Å². The van der Waals surface area contributed by atoms with Crippen molar-refractivity contribution in [2.45, 2.75) is 32.1 Å². The topological polar surface area (TPSA) is 81.9 Å². The third-order valence-corrected chi connectivity index (χ3v) is 5.73. The third kappa shape index (κ3) is 3.25. The summed E-state index contributed by atoms with van der Waals surface area (Å²) >= 11 is 0. The van der Waals surface area contributed by atoms with Gasteiger partial charge in [0.2, 0.25) is 12.7 Å². The summed E-state index contributed by atoms with van der Waals surface area (Å²) in [5.41, 5.74) is 0.254. The number of hydrogen-bond acceptors (Lipinski definition) is 5. The summed E-state index contributed by atoms with van der Waals surface area (Å²) in [6.45, 7) is 1.62. The molecule has 0 unspecified atom stereocenters. The Morgan fingerprint density at radius 3 is 2.65 bits per heavy atom. The fourth-order valence-electron chi connectivity index (χ4n) is 4.31. The second kappa shape index (κ2) is 6.97. The summed E-state index contributed by atoms with van der Waals surface area (Å²) in [5, 5.41) is 11.3. The maximum absolute atomic E-state index is 12.6. The molecule has 2 atom stereocenters. The lowest BCUT2D eigenvalue weighted by Crippen LogP contribution is -2.44. The number of piperidine rings is 1. The van der Waals surface area contributed by atoms with Gasteiger partial charge in [-0.15, -0.1) is 0 Å². The maximum atomic E-state index is 12.6. The Morgan fingerprint density at radius 1 is 1.15 bits per heavy atom. The second-order valence-corrected chi connectivity index (χ2v) is 7.23. The van der Waals surface area contributed by atoms with Gasteiger partial charge >= 0.3 is 0 Å². The quantitative estimate of drug-likeness (QED) is 0.470. The van der Waals surface area contributed by atoms with Crippen molar-refractivity contribution < 1.29 is 19.2 Å². The van der Waals surface area contributed by atoms with E-state index in [0.717, 1.165) is 25.4 Å². The number of ether oxygens (including phenoxy) is 2. The highest BCUT2D eigenvalue weighted by molar-refractivity contribution is 5.92. The molecule has 1 aromatic rings. The van der Waals surface area contributed by atoms with E-state index in [1.165, 1.54) is 43.9 Å². The predicted molar refractivity (Wildman–Crippen MR) is 94.9 cm³/mol. The molecule has 2 aliphatic heterocycles. The van der Waals surface area contributed by atoms with Gasteiger partial charge in [-0.1, -0.05) is 19.3 Å². The molecular formula is C19H22N2O5. The van der Waals surface area contributed by atoms with Crippen molar-refractivity contribution in [1.29, 1.82) is 0 Å². The highest BCUT2D eigenvalue weighted by atomic mass is 16.7. The fourth-order valence-corrected chi connectivity index (χ4v) is 4.31. The number of carbonyl (C=O) groups excluding carboxylic acids is 1. The van der Waals surface area contributed by atoms with Crippen molar-refractivity contribution in [3.05, 3.63) is 33.9 Å². The average Bonchev–Trinajstić information content (AvgIpc) is 3.12. The van der Waals surface area contributed by atoms with Crippen LogP contribution >= 0.6 is 0 Å². The van der Waals surface area contributed by atoms with Crippen molar-refractivity contribution in [2.75, 3.05) is 19.9 Å². The molecule has 7 heteroatoms. The van der Waals surface area contributed by atoms with Gasteiger partial charge < -0.3 is 14.4 Å². The van der Waals surface area contributed by atoms with E-state index < -0.39 is 4.92 Å². The van der Waals surface area contributed by atoms with E-state index in [9.17, 15) is 14.9 Å². The van der Waals surface area contributed by atoms with Crippen LogP contribution in [0, 0.1) is 22.0 Å². The zero-order chi connectivity index (χ0) is 18.1. The summed E-state index contributed by atoms with van der Waals surface area (Å²) in [4.78, 5) is 25.3. The van der Waals surface area contributed by atoms with Crippen molar-refractivity contribution in [1.82, 2.24) is 4.90 Å². The molecule has 0 aromatic heterocycles. The van der Waals surface area contributed by atoms with Crippen molar-refractivity contribution in [3.8, 4) is 11.5 Å². The van der Waals surface area contributed by atoms with Crippen LogP contribution in [0.25, 0.3) is 6.08 Å². The van der Waals surface area contributed by atoms with E-state index in [-0.39, 0.29) is 18.4 Å². The lowest BCUT2D eigenvalue weighted by Gasteiger charge is -2.41. The second-order valence-electron chi connectivity index (χ2n) is 7.23. The van der Waals surface area contributed by atoms with E-state index >= 15 is 0 Å². The Hall–Kier alpha value is -2.57. The summed E-state index contributed by atoms with van der Waals surface area (Å²) < 4.78 is 10.5. The van der Waals surface area contributed by atoms with E-state index in [2.05, 4.69) is 0 Å². The smallest absolute Gasteiger partial charge is 0.280 e. The molecule has 0 radical (unpaired) electrons. The van der Waals surface area contributed by atoms with E-state index in [1.54, 1.807) is 6.07 Å². The predicted octanol–water partition coefficient (Wildman–Crippen LogP) is 3.38. The van der Waals surface area contributed by atoms with Crippen LogP contribution in [0.3, 0.4) is 0 Å². The van der Waals surface area contributed by atoms with E-state index in [1.807, 2.05) is 4.90 Å². The molecule has 1 saturated heterocycles. The van der Waals surface area contributed by atoms with Crippen LogP contribution in [-0.2, 0) is 4.79 Å². The first-order valence-electron chi connectivity index (χ1n) is 9.17. The highest BCUT2D eigenvalue weighted by Crippen LogP contribution is 2.39. The zero-order valence-corrected chi connectivity index (χ0v) is 14.6. The summed E-state index contributed by atoms with van der Waals surface area (Å²) in [7, 11) is 0. The number of nitrogens with zero attached hydrogens (tertiary/aromatic N) is 2. The maximum Gasteiger partial charge on any atom is 0.280 e.